The Morgan fingerprint density at radius 1 is 1.00 bits per heavy atom. The van der Waals surface area contributed by atoms with Gasteiger partial charge >= 0.3 is 6.01 Å². The Hall–Kier alpha value is -3.85. The quantitative estimate of drug-likeness (QED) is 0.547. The molecule has 6 heteroatoms. The molecule has 28 heavy (non-hydrogen) atoms. The zero-order chi connectivity index (χ0) is 19.7. The first kappa shape index (κ1) is 17.6. The van der Waals surface area contributed by atoms with E-state index < -0.39 is 0 Å². The smallest absolute Gasteiger partial charge is 0.304 e. The van der Waals surface area contributed by atoms with E-state index in [0.29, 0.717) is 22.3 Å². The van der Waals surface area contributed by atoms with Crippen molar-refractivity contribution in [3.63, 3.8) is 0 Å². The van der Waals surface area contributed by atoms with E-state index in [2.05, 4.69) is 11.1 Å². The Kier molecular flexibility index (Phi) is 4.42. The first-order chi connectivity index (χ1) is 13.6. The SMILES string of the molecule is CC(C)Oc1nc2c(C#N)cn(-c3ccccc3)c2c(=O)n1-c1ccccc1. The second-order valence-electron chi connectivity index (χ2n) is 6.59. The van der Waals surface area contributed by atoms with Crippen LogP contribution in [0.4, 0.5) is 0 Å². The fourth-order valence-electron chi connectivity index (χ4n) is 3.12. The lowest BCUT2D eigenvalue weighted by Gasteiger charge is -2.16. The summed E-state index contributed by atoms with van der Waals surface area (Å²) in [6.07, 6.45) is 1.46. The summed E-state index contributed by atoms with van der Waals surface area (Å²) >= 11 is 0. The van der Waals surface area contributed by atoms with Gasteiger partial charge in [0.25, 0.3) is 5.56 Å². The standard InChI is InChI=1S/C22H18N4O2/c1-15(2)28-22-24-19-16(13-23)14-25(17-9-5-3-6-10-17)20(19)21(27)26(22)18-11-7-4-8-12-18/h3-12,14-15H,1-2H3. The number of hydrogen-bond acceptors (Lipinski definition) is 4. The third kappa shape index (κ3) is 2.93. The molecule has 4 rings (SSSR count). The van der Waals surface area contributed by atoms with Gasteiger partial charge < -0.3 is 9.30 Å². The molecule has 2 aromatic carbocycles. The minimum Gasteiger partial charge on any atom is -0.462 e. The molecule has 0 fully saturated rings. The largest absolute Gasteiger partial charge is 0.462 e. The van der Waals surface area contributed by atoms with Crippen LogP contribution in [0.5, 0.6) is 6.01 Å². The first-order valence-corrected chi connectivity index (χ1v) is 8.96. The zero-order valence-corrected chi connectivity index (χ0v) is 15.5. The van der Waals surface area contributed by atoms with Crippen molar-refractivity contribution in [2.45, 2.75) is 20.0 Å². The van der Waals surface area contributed by atoms with E-state index in [9.17, 15) is 10.1 Å². The van der Waals surface area contributed by atoms with E-state index in [1.807, 2.05) is 74.5 Å². The van der Waals surface area contributed by atoms with Crippen LogP contribution in [0.15, 0.2) is 71.7 Å². The van der Waals surface area contributed by atoms with Gasteiger partial charge in [0.05, 0.1) is 17.4 Å². The molecule has 0 unspecified atom stereocenters. The molecule has 0 bridgehead atoms. The van der Waals surface area contributed by atoms with Crippen LogP contribution in [-0.4, -0.2) is 20.2 Å². The highest BCUT2D eigenvalue weighted by atomic mass is 16.5. The van der Waals surface area contributed by atoms with Crippen molar-refractivity contribution in [1.29, 1.82) is 5.26 Å². The van der Waals surface area contributed by atoms with Crippen LogP contribution < -0.4 is 10.3 Å². The Labute approximate surface area is 161 Å². The van der Waals surface area contributed by atoms with E-state index in [-0.39, 0.29) is 17.7 Å². The van der Waals surface area contributed by atoms with Gasteiger partial charge in [-0.1, -0.05) is 36.4 Å². The molecule has 0 spiro atoms. The third-order valence-corrected chi connectivity index (χ3v) is 4.29. The minimum absolute atomic E-state index is 0.168. The molecule has 138 valence electrons. The van der Waals surface area contributed by atoms with E-state index in [4.69, 9.17) is 4.74 Å². The second-order valence-corrected chi connectivity index (χ2v) is 6.59. The number of nitrogens with zero attached hydrogens (tertiary/aromatic N) is 4. The van der Waals surface area contributed by atoms with Crippen molar-refractivity contribution in [2.75, 3.05) is 0 Å². The summed E-state index contributed by atoms with van der Waals surface area (Å²) in [6.45, 7) is 3.73. The molecule has 0 aliphatic heterocycles. The lowest BCUT2D eigenvalue weighted by Crippen LogP contribution is -2.25. The van der Waals surface area contributed by atoms with Crippen LogP contribution in [0.25, 0.3) is 22.4 Å². The van der Waals surface area contributed by atoms with Gasteiger partial charge in [0.2, 0.25) is 0 Å². The zero-order valence-electron chi connectivity index (χ0n) is 15.5. The van der Waals surface area contributed by atoms with E-state index in [0.717, 1.165) is 5.69 Å². The predicted molar refractivity (Wildman–Crippen MR) is 107 cm³/mol. The molecule has 2 aromatic heterocycles. The maximum atomic E-state index is 13.6. The van der Waals surface area contributed by atoms with Gasteiger partial charge in [-0.05, 0) is 38.1 Å². The lowest BCUT2D eigenvalue weighted by atomic mass is 10.3. The first-order valence-electron chi connectivity index (χ1n) is 8.96. The Morgan fingerprint density at radius 3 is 2.18 bits per heavy atom. The number of rotatable bonds is 4. The molecule has 0 aliphatic carbocycles. The maximum Gasteiger partial charge on any atom is 0.304 e. The van der Waals surface area contributed by atoms with Crippen LogP contribution in [0.2, 0.25) is 0 Å². The monoisotopic (exact) mass is 370 g/mol. The van der Waals surface area contributed by atoms with E-state index in [1.165, 1.54) is 4.57 Å². The molecule has 0 atom stereocenters. The van der Waals surface area contributed by atoms with Crippen molar-refractivity contribution in [2.24, 2.45) is 0 Å². The van der Waals surface area contributed by atoms with Crippen LogP contribution >= 0.6 is 0 Å². The van der Waals surface area contributed by atoms with Crippen LogP contribution in [0, 0.1) is 11.3 Å². The molecule has 0 aliphatic rings. The summed E-state index contributed by atoms with van der Waals surface area (Å²) in [5.41, 5.74) is 2.13. The maximum absolute atomic E-state index is 13.6. The van der Waals surface area contributed by atoms with Crippen molar-refractivity contribution in [3.8, 4) is 23.5 Å². The summed E-state index contributed by atoms with van der Waals surface area (Å²) in [6, 6.07) is 21.0. The number of nitriles is 1. The molecule has 0 amide bonds. The summed E-state index contributed by atoms with van der Waals surface area (Å²) in [4.78, 5) is 18.1. The number of para-hydroxylation sites is 2. The van der Waals surface area contributed by atoms with Crippen molar-refractivity contribution < 1.29 is 4.74 Å². The fraction of sp³-hybridized carbons (Fsp3) is 0.136. The lowest BCUT2D eigenvalue weighted by molar-refractivity contribution is 0.216. The number of ether oxygens (including phenoxy) is 1. The van der Waals surface area contributed by atoms with Crippen molar-refractivity contribution >= 4 is 11.0 Å². The summed E-state index contributed by atoms with van der Waals surface area (Å²) in [5.74, 6) is 0. The summed E-state index contributed by atoms with van der Waals surface area (Å²) in [5, 5.41) is 9.59. The highest BCUT2D eigenvalue weighted by Gasteiger charge is 2.21. The normalized spacial score (nSPS) is 10.9. The number of benzene rings is 2. The Morgan fingerprint density at radius 2 is 1.61 bits per heavy atom. The van der Waals surface area contributed by atoms with Gasteiger partial charge in [-0.3, -0.25) is 4.79 Å². The summed E-state index contributed by atoms with van der Waals surface area (Å²) < 4.78 is 8.99. The topological polar surface area (TPSA) is 72.8 Å². The third-order valence-electron chi connectivity index (χ3n) is 4.29. The highest BCUT2D eigenvalue weighted by molar-refractivity contribution is 5.84. The van der Waals surface area contributed by atoms with Crippen LogP contribution in [0.1, 0.15) is 19.4 Å². The molecule has 2 heterocycles. The van der Waals surface area contributed by atoms with Gasteiger partial charge in [-0.25, -0.2) is 4.57 Å². The second kappa shape index (κ2) is 7.05. The van der Waals surface area contributed by atoms with E-state index >= 15 is 0 Å². The molecule has 4 aromatic rings. The van der Waals surface area contributed by atoms with Crippen LogP contribution in [0.3, 0.4) is 0 Å². The fourth-order valence-corrected chi connectivity index (χ4v) is 3.12. The van der Waals surface area contributed by atoms with E-state index in [1.54, 1.807) is 10.8 Å². The number of aromatic nitrogens is 3. The average Bonchev–Trinajstić information content (AvgIpc) is 3.08. The molecular formula is C22H18N4O2. The Balaban J connectivity index is 2.12. The average molecular weight is 370 g/mol. The molecular weight excluding hydrogens is 352 g/mol. The molecule has 0 radical (unpaired) electrons. The molecule has 0 N–H and O–H groups in total. The Bertz CT molecular complexity index is 1230. The van der Waals surface area contributed by atoms with Crippen molar-refractivity contribution in [3.05, 3.63) is 82.8 Å². The highest BCUT2D eigenvalue weighted by Crippen LogP contribution is 2.25. The van der Waals surface area contributed by atoms with Gasteiger partial charge in [0.15, 0.2) is 0 Å². The minimum atomic E-state index is -0.294. The summed E-state index contributed by atoms with van der Waals surface area (Å²) in [7, 11) is 0. The predicted octanol–water partition coefficient (Wildman–Crippen LogP) is 3.84. The van der Waals surface area contributed by atoms with Gasteiger partial charge in [0.1, 0.15) is 17.1 Å². The van der Waals surface area contributed by atoms with Gasteiger partial charge in [-0.2, -0.15) is 10.2 Å². The number of fused-ring (bicyclic) bond motifs is 1. The molecule has 0 saturated carbocycles. The van der Waals surface area contributed by atoms with Gasteiger partial charge in [-0.15, -0.1) is 0 Å². The van der Waals surface area contributed by atoms with Crippen molar-refractivity contribution in [1.82, 2.24) is 14.1 Å². The van der Waals surface area contributed by atoms with Crippen LogP contribution in [-0.2, 0) is 0 Å². The molecule has 6 nitrogen and oxygen atoms in total. The number of hydrogen-bond donors (Lipinski definition) is 0. The van der Waals surface area contributed by atoms with Gasteiger partial charge in [0, 0.05) is 11.9 Å². The molecule has 0 saturated heterocycles.